The third-order valence-electron chi connectivity index (χ3n) is 3.14. The summed E-state index contributed by atoms with van der Waals surface area (Å²) in [6, 6.07) is 7.62. The molecule has 1 atom stereocenters. The summed E-state index contributed by atoms with van der Waals surface area (Å²) in [6.07, 6.45) is 2.60. The van der Waals surface area contributed by atoms with Gasteiger partial charge in [0.15, 0.2) is 11.6 Å². The minimum absolute atomic E-state index is 0.323. The Kier molecular flexibility index (Phi) is 4.79. The first kappa shape index (κ1) is 14.6. The molecule has 1 heterocycles. The molecule has 0 radical (unpaired) electrons. The lowest BCUT2D eigenvalue weighted by molar-refractivity contribution is 0.480. The molecule has 0 spiro atoms. The van der Waals surface area contributed by atoms with Crippen molar-refractivity contribution in [1.29, 1.82) is 0 Å². The van der Waals surface area contributed by atoms with E-state index in [4.69, 9.17) is 0 Å². The van der Waals surface area contributed by atoms with E-state index >= 15 is 0 Å². The van der Waals surface area contributed by atoms with Crippen LogP contribution in [0.1, 0.15) is 36.2 Å². The minimum Gasteiger partial charge on any atom is -0.306 e. The minimum atomic E-state index is -0.823. The summed E-state index contributed by atoms with van der Waals surface area (Å²) in [7, 11) is 0. The number of aryl methyl sites for hydroxylation is 1. The molecule has 0 aliphatic heterocycles. The highest BCUT2D eigenvalue weighted by Crippen LogP contribution is 2.26. The summed E-state index contributed by atoms with van der Waals surface area (Å²) in [4.78, 5) is 4.14. The van der Waals surface area contributed by atoms with E-state index in [2.05, 4.69) is 10.3 Å². The van der Waals surface area contributed by atoms with Crippen LogP contribution in [0.5, 0.6) is 0 Å². The molecular weight excluding hydrogens is 258 g/mol. The Bertz CT molecular complexity index is 584. The Labute approximate surface area is 117 Å². The van der Waals surface area contributed by atoms with E-state index in [0.717, 1.165) is 30.3 Å². The highest BCUT2D eigenvalue weighted by atomic mass is 19.2. The third kappa shape index (κ3) is 3.20. The van der Waals surface area contributed by atoms with Gasteiger partial charge < -0.3 is 5.32 Å². The highest BCUT2D eigenvalue weighted by molar-refractivity contribution is 5.33. The summed E-state index contributed by atoms with van der Waals surface area (Å²) >= 11 is 0. The maximum absolute atomic E-state index is 14.0. The van der Waals surface area contributed by atoms with E-state index in [-0.39, 0.29) is 6.04 Å². The summed E-state index contributed by atoms with van der Waals surface area (Å²) in [5.41, 5.74) is 2.06. The molecule has 0 saturated heterocycles. The summed E-state index contributed by atoms with van der Waals surface area (Å²) in [6.45, 7) is 4.63. The average Bonchev–Trinajstić information content (AvgIpc) is 2.44. The Hall–Kier alpha value is -1.81. The number of benzene rings is 1. The van der Waals surface area contributed by atoms with Crippen molar-refractivity contribution >= 4 is 0 Å². The van der Waals surface area contributed by atoms with Crippen LogP contribution in [0.3, 0.4) is 0 Å². The fourth-order valence-corrected chi connectivity index (χ4v) is 2.19. The first-order valence-electron chi connectivity index (χ1n) is 6.73. The predicted octanol–water partition coefficient (Wildman–Crippen LogP) is 3.76. The van der Waals surface area contributed by atoms with Gasteiger partial charge in [-0.25, -0.2) is 8.78 Å². The van der Waals surface area contributed by atoms with Gasteiger partial charge in [-0.15, -0.1) is 0 Å². The number of nitrogens with one attached hydrogen (secondary N) is 1. The molecule has 1 aromatic heterocycles. The maximum atomic E-state index is 14.0. The Morgan fingerprint density at radius 3 is 2.75 bits per heavy atom. The van der Waals surface area contributed by atoms with Gasteiger partial charge in [0.2, 0.25) is 0 Å². The maximum Gasteiger partial charge on any atom is 0.163 e. The van der Waals surface area contributed by atoms with Gasteiger partial charge in [-0.2, -0.15) is 0 Å². The monoisotopic (exact) mass is 276 g/mol. The number of halogens is 2. The number of hydrogen-bond acceptors (Lipinski definition) is 2. The van der Waals surface area contributed by atoms with Crippen molar-refractivity contribution in [2.75, 3.05) is 6.54 Å². The van der Waals surface area contributed by atoms with E-state index in [1.807, 2.05) is 26.0 Å². The fourth-order valence-electron chi connectivity index (χ4n) is 2.19. The van der Waals surface area contributed by atoms with E-state index in [0.29, 0.717) is 5.56 Å². The van der Waals surface area contributed by atoms with Gasteiger partial charge in [0, 0.05) is 17.5 Å². The van der Waals surface area contributed by atoms with Crippen molar-refractivity contribution in [3.05, 3.63) is 65.0 Å². The molecule has 1 N–H and O–H groups in total. The van der Waals surface area contributed by atoms with E-state index in [1.54, 1.807) is 12.3 Å². The topological polar surface area (TPSA) is 24.9 Å². The molecule has 2 rings (SSSR count). The first-order chi connectivity index (χ1) is 9.63. The zero-order chi connectivity index (χ0) is 14.5. The number of hydrogen-bond donors (Lipinski definition) is 1. The Morgan fingerprint density at radius 1 is 1.25 bits per heavy atom. The van der Waals surface area contributed by atoms with E-state index < -0.39 is 11.6 Å². The van der Waals surface area contributed by atoms with Crippen LogP contribution in [-0.4, -0.2) is 11.5 Å². The van der Waals surface area contributed by atoms with Gasteiger partial charge >= 0.3 is 0 Å². The van der Waals surface area contributed by atoms with Gasteiger partial charge in [-0.1, -0.05) is 19.1 Å². The molecule has 0 saturated carbocycles. The lowest BCUT2D eigenvalue weighted by atomic mass is 9.98. The van der Waals surface area contributed by atoms with E-state index in [1.165, 1.54) is 6.07 Å². The normalized spacial score (nSPS) is 12.4. The number of rotatable bonds is 5. The van der Waals surface area contributed by atoms with Crippen molar-refractivity contribution in [2.45, 2.75) is 26.3 Å². The molecule has 0 amide bonds. The second-order valence-electron chi connectivity index (χ2n) is 4.76. The summed E-state index contributed by atoms with van der Waals surface area (Å²) in [5.74, 6) is -1.62. The molecule has 0 bridgehead atoms. The zero-order valence-electron chi connectivity index (χ0n) is 11.7. The molecule has 0 aliphatic rings. The quantitative estimate of drug-likeness (QED) is 0.899. The van der Waals surface area contributed by atoms with Crippen molar-refractivity contribution in [2.24, 2.45) is 0 Å². The number of aromatic nitrogens is 1. The zero-order valence-corrected chi connectivity index (χ0v) is 11.7. The van der Waals surface area contributed by atoms with E-state index in [9.17, 15) is 8.78 Å². The standard InChI is InChI=1S/C16H18F2N2/c1-3-8-20-16(12-7-9-19-11(2)10-12)13-5-4-6-14(17)15(13)18/h4-7,9-10,16,20H,3,8H2,1-2H3. The van der Waals surface area contributed by atoms with Crippen LogP contribution in [0, 0.1) is 18.6 Å². The molecule has 1 unspecified atom stereocenters. The largest absolute Gasteiger partial charge is 0.306 e. The number of nitrogens with zero attached hydrogens (tertiary/aromatic N) is 1. The fraction of sp³-hybridized carbons (Fsp3) is 0.312. The van der Waals surface area contributed by atoms with Gasteiger partial charge in [0.25, 0.3) is 0 Å². The molecule has 2 aromatic rings. The second kappa shape index (κ2) is 6.57. The molecule has 1 aromatic carbocycles. The Morgan fingerprint density at radius 2 is 2.05 bits per heavy atom. The van der Waals surface area contributed by atoms with Crippen LogP contribution >= 0.6 is 0 Å². The molecule has 106 valence electrons. The van der Waals surface area contributed by atoms with Crippen LogP contribution in [0.15, 0.2) is 36.5 Å². The van der Waals surface area contributed by atoms with Crippen LogP contribution in [0.2, 0.25) is 0 Å². The summed E-state index contributed by atoms with van der Waals surface area (Å²) < 4.78 is 27.5. The molecule has 4 heteroatoms. The lowest BCUT2D eigenvalue weighted by Gasteiger charge is -2.20. The molecule has 0 fully saturated rings. The first-order valence-corrected chi connectivity index (χ1v) is 6.73. The second-order valence-corrected chi connectivity index (χ2v) is 4.76. The summed E-state index contributed by atoms with van der Waals surface area (Å²) in [5, 5.41) is 3.26. The third-order valence-corrected chi connectivity index (χ3v) is 3.14. The van der Waals surface area contributed by atoms with Crippen molar-refractivity contribution in [3.63, 3.8) is 0 Å². The highest BCUT2D eigenvalue weighted by Gasteiger charge is 2.19. The van der Waals surface area contributed by atoms with Gasteiger partial charge in [0.05, 0.1) is 6.04 Å². The van der Waals surface area contributed by atoms with Gasteiger partial charge in [-0.05, 0) is 43.7 Å². The Balaban J connectivity index is 2.44. The van der Waals surface area contributed by atoms with Gasteiger partial charge in [-0.3, -0.25) is 4.98 Å². The molecule has 2 nitrogen and oxygen atoms in total. The van der Waals surface area contributed by atoms with Gasteiger partial charge in [0.1, 0.15) is 0 Å². The van der Waals surface area contributed by atoms with Crippen molar-refractivity contribution in [1.82, 2.24) is 10.3 Å². The molecule has 20 heavy (non-hydrogen) atoms. The van der Waals surface area contributed by atoms with Crippen molar-refractivity contribution < 1.29 is 8.78 Å². The van der Waals surface area contributed by atoms with Crippen LogP contribution < -0.4 is 5.32 Å². The predicted molar refractivity (Wildman–Crippen MR) is 75.5 cm³/mol. The lowest BCUT2D eigenvalue weighted by Crippen LogP contribution is -2.24. The average molecular weight is 276 g/mol. The molecular formula is C16H18F2N2. The smallest absolute Gasteiger partial charge is 0.163 e. The molecule has 0 aliphatic carbocycles. The van der Waals surface area contributed by atoms with Crippen LogP contribution in [0.25, 0.3) is 0 Å². The number of pyridine rings is 1. The van der Waals surface area contributed by atoms with Crippen LogP contribution in [0.4, 0.5) is 8.78 Å². The SMILES string of the molecule is CCCNC(c1ccnc(C)c1)c1cccc(F)c1F. The van der Waals surface area contributed by atoms with Crippen LogP contribution in [-0.2, 0) is 0 Å². The van der Waals surface area contributed by atoms with Crippen molar-refractivity contribution in [3.8, 4) is 0 Å².